The fraction of sp³-hybridized carbons (Fsp3) is 0.133. The Morgan fingerprint density at radius 3 is 2.60 bits per heavy atom. The SMILES string of the molecule is CCOc1ccc(NC(=O)Oc2ccccc2)cc1Cl. The molecule has 0 saturated heterocycles. The molecule has 2 rings (SSSR count). The van der Waals surface area contributed by atoms with Gasteiger partial charge in [-0.05, 0) is 37.3 Å². The molecule has 0 atom stereocenters. The van der Waals surface area contributed by atoms with Crippen LogP contribution in [0.25, 0.3) is 0 Å². The normalized spacial score (nSPS) is 9.90. The Bertz CT molecular complexity index is 587. The van der Waals surface area contributed by atoms with Crippen LogP contribution in [0.15, 0.2) is 48.5 Å². The first-order valence-corrected chi connectivity index (χ1v) is 6.53. The van der Waals surface area contributed by atoms with Gasteiger partial charge in [-0.15, -0.1) is 0 Å². The molecule has 5 heteroatoms. The Hall–Kier alpha value is -2.20. The summed E-state index contributed by atoms with van der Waals surface area (Å²) < 4.78 is 10.4. The van der Waals surface area contributed by atoms with Crippen LogP contribution in [0.4, 0.5) is 10.5 Å². The molecule has 1 amide bonds. The molecule has 4 nitrogen and oxygen atoms in total. The second-order valence-corrected chi connectivity index (χ2v) is 4.31. The van der Waals surface area contributed by atoms with Crippen LogP contribution in [-0.4, -0.2) is 12.7 Å². The predicted octanol–water partition coefficient (Wildman–Crippen LogP) is 4.35. The van der Waals surface area contributed by atoms with E-state index >= 15 is 0 Å². The fourth-order valence-electron chi connectivity index (χ4n) is 1.59. The van der Waals surface area contributed by atoms with E-state index in [1.807, 2.05) is 13.0 Å². The summed E-state index contributed by atoms with van der Waals surface area (Å²) in [5, 5.41) is 3.03. The number of ether oxygens (including phenoxy) is 2. The van der Waals surface area contributed by atoms with E-state index in [0.29, 0.717) is 28.8 Å². The standard InChI is InChI=1S/C15H14ClNO3/c1-2-19-14-9-8-11(10-13(14)16)17-15(18)20-12-6-4-3-5-7-12/h3-10H,2H2,1H3,(H,17,18). The molecule has 0 saturated carbocycles. The van der Waals surface area contributed by atoms with E-state index < -0.39 is 6.09 Å². The number of halogens is 1. The molecule has 2 aromatic carbocycles. The Morgan fingerprint density at radius 2 is 1.95 bits per heavy atom. The van der Waals surface area contributed by atoms with Crippen molar-refractivity contribution in [2.75, 3.05) is 11.9 Å². The van der Waals surface area contributed by atoms with Crippen molar-refractivity contribution < 1.29 is 14.3 Å². The molecule has 0 unspecified atom stereocenters. The molecule has 0 spiro atoms. The van der Waals surface area contributed by atoms with Crippen LogP contribution in [0.2, 0.25) is 5.02 Å². The van der Waals surface area contributed by atoms with Crippen LogP contribution in [0, 0.1) is 0 Å². The average Bonchev–Trinajstić information content (AvgIpc) is 2.43. The molecular formula is C15H14ClNO3. The summed E-state index contributed by atoms with van der Waals surface area (Å²) in [6.07, 6.45) is -0.573. The van der Waals surface area contributed by atoms with Gasteiger partial charge in [0.1, 0.15) is 11.5 Å². The van der Waals surface area contributed by atoms with Gasteiger partial charge in [-0.2, -0.15) is 0 Å². The van der Waals surface area contributed by atoms with Gasteiger partial charge >= 0.3 is 6.09 Å². The molecule has 0 aliphatic carbocycles. The number of rotatable bonds is 4. The fourth-order valence-corrected chi connectivity index (χ4v) is 1.83. The van der Waals surface area contributed by atoms with Crippen LogP contribution < -0.4 is 14.8 Å². The van der Waals surface area contributed by atoms with Gasteiger partial charge in [-0.3, -0.25) is 5.32 Å². The van der Waals surface area contributed by atoms with E-state index in [0.717, 1.165) is 0 Å². The lowest BCUT2D eigenvalue weighted by Crippen LogP contribution is -2.16. The van der Waals surface area contributed by atoms with Gasteiger partial charge in [0.2, 0.25) is 0 Å². The zero-order valence-corrected chi connectivity index (χ0v) is 11.7. The van der Waals surface area contributed by atoms with Crippen LogP contribution in [0.5, 0.6) is 11.5 Å². The van der Waals surface area contributed by atoms with Gasteiger partial charge in [-0.25, -0.2) is 4.79 Å². The lowest BCUT2D eigenvalue weighted by Gasteiger charge is -2.09. The second-order valence-electron chi connectivity index (χ2n) is 3.91. The molecule has 0 bridgehead atoms. The van der Waals surface area contributed by atoms with Crippen molar-refractivity contribution in [3.63, 3.8) is 0 Å². The molecule has 20 heavy (non-hydrogen) atoms. The zero-order valence-electron chi connectivity index (χ0n) is 10.9. The smallest absolute Gasteiger partial charge is 0.417 e. The molecule has 1 N–H and O–H groups in total. The van der Waals surface area contributed by atoms with E-state index in [1.165, 1.54) is 0 Å². The minimum absolute atomic E-state index is 0.435. The maximum atomic E-state index is 11.7. The summed E-state index contributed by atoms with van der Waals surface area (Å²) >= 11 is 6.03. The first kappa shape index (κ1) is 14.2. The quantitative estimate of drug-likeness (QED) is 0.911. The van der Waals surface area contributed by atoms with Gasteiger partial charge in [0.15, 0.2) is 0 Å². The molecule has 0 radical (unpaired) electrons. The second kappa shape index (κ2) is 6.82. The number of amides is 1. The first-order chi connectivity index (χ1) is 9.69. The molecule has 0 heterocycles. The molecule has 0 aliphatic heterocycles. The highest BCUT2D eigenvalue weighted by atomic mass is 35.5. The number of benzene rings is 2. The molecule has 104 valence electrons. The summed E-state index contributed by atoms with van der Waals surface area (Å²) in [5.74, 6) is 1.05. The Kier molecular flexibility index (Phi) is 4.85. The third kappa shape index (κ3) is 3.90. The number of carbonyl (C=O) groups excluding carboxylic acids is 1. The number of anilines is 1. The maximum Gasteiger partial charge on any atom is 0.417 e. The number of hydrogen-bond donors (Lipinski definition) is 1. The van der Waals surface area contributed by atoms with Crippen molar-refractivity contribution in [1.29, 1.82) is 0 Å². The molecule has 0 aliphatic rings. The Balaban J connectivity index is 1.99. The lowest BCUT2D eigenvalue weighted by atomic mass is 10.3. The maximum absolute atomic E-state index is 11.7. The average molecular weight is 292 g/mol. The van der Waals surface area contributed by atoms with Gasteiger partial charge < -0.3 is 9.47 Å². The van der Waals surface area contributed by atoms with E-state index in [2.05, 4.69) is 5.32 Å². The monoisotopic (exact) mass is 291 g/mol. The molecule has 0 fully saturated rings. The predicted molar refractivity (Wildman–Crippen MR) is 78.7 cm³/mol. The Labute approximate surface area is 122 Å². The third-order valence-corrected chi connectivity index (χ3v) is 2.73. The lowest BCUT2D eigenvalue weighted by molar-refractivity contribution is 0.215. The van der Waals surface area contributed by atoms with Crippen LogP contribution >= 0.6 is 11.6 Å². The van der Waals surface area contributed by atoms with Crippen molar-refractivity contribution in [3.05, 3.63) is 53.6 Å². The van der Waals surface area contributed by atoms with Gasteiger partial charge in [0.05, 0.1) is 11.6 Å². The van der Waals surface area contributed by atoms with Crippen molar-refractivity contribution in [2.45, 2.75) is 6.92 Å². The number of hydrogen-bond acceptors (Lipinski definition) is 3. The van der Waals surface area contributed by atoms with E-state index in [4.69, 9.17) is 21.1 Å². The summed E-state index contributed by atoms with van der Waals surface area (Å²) in [4.78, 5) is 11.7. The minimum atomic E-state index is -0.573. The minimum Gasteiger partial charge on any atom is -0.492 e. The van der Waals surface area contributed by atoms with E-state index in [-0.39, 0.29) is 0 Å². The van der Waals surface area contributed by atoms with Crippen LogP contribution in [0.1, 0.15) is 6.92 Å². The summed E-state index contributed by atoms with van der Waals surface area (Å²) in [6, 6.07) is 13.8. The van der Waals surface area contributed by atoms with Crippen molar-refractivity contribution in [3.8, 4) is 11.5 Å². The molecular weight excluding hydrogens is 278 g/mol. The van der Waals surface area contributed by atoms with Gasteiger partial charge in [0, 0.05) is 5.69 Å². The highest BCUT2D eigenvalue weighted by Gasteiger charge is 2.07. The van der Waals surface area contributed by atoms with Gasteiger partial charge in [0.25, 0.3) is 0 Å². The topological polar surface area (TPSA) is 47.6 Å². The molecule has 2 aromatic rings. The van der Waals surface area contributed by atoms with E-state index in [1.54, 1.807) is 42.5 Å². The van der Waals surface area contributed by atoms with E-state index in [9.17, 15) is 4.79 Å². The molecule has 0 aromatic heterocycles. The highest BCUT2D eigenvalue weighted by Crippen LogP contribution is 2.27. The van der Waals surface area contributed by atoms with Crippen LogP contribution in [0.3, 0.4) is 0 Å². The van der Waals surface area contributed by atoms with Crippen LogP contribution in [-0.2, 0) is 0 Å². The number of para-hydroxylation sites is 1. The number of carbonyl (C=O) groups is 1. The third-order valence-electron chi connectivity index (χ3n) is 2.43. The van der Waals surface area contributed by atoms with Gasteiger partial charge in [-0.1, -0.05) is 29.8 Å². The first-order valence-electron chi connectivity index (χ1n) is 6.15. The zero-order chi connectivity index (χ0) is 14.4. The Morgan fingerprint density at radius 1 is 1.20 bits per heavy atom. The summed E-state index contributed by atoms with van der Waals surface area (Å²) in [7, 11) is 0. The number of nitrogens with one attached hydrogen (secondary N) is 1. The van der Waals surface area contributed by atoms with Crippen molar-refractivity contribution in [1.82, 2.24) is 0 Å². The highest BCUT2D eigenvalue weighted by molar-refractivity contribution is 6.32. The summed E-state index contributed by atoms with van der Waals surface area (Å²) in [6.45, 7) is 2.41. The van der Waals surface area contributed by atoms with Crippen molar-refractivity contribution in [2.24, 2.45) is 0 Å². The largest absolute Gasteiger partial charge is 0.492 e. The summed E-state index contributed by atoms with van der Waals surface area (Å²) in [5.41, 5.74) is 0.541. The van der Waals surface area contributed by atoms with Crippen molar-refractivity contribution >= 4 is 23.4 Å².